The summed E-state index contributed by atoms with van der Waals surface area (Å²) in [5.74, 6) is 1.09. The van der Waals surface area contributed by atoms with Crippen LogP contribution < -0.4 is 11.5 Å². The van der Waals surface area contributed by atoms with Gasteiger partial charge in [0.25, 0.3) is 0 Å². The van der Waals surface area contributed by atoms with Crippen molar-refractivity contribution in [2.24, 2.45) is 17.1 Å². The van der Waals surface area contributed by atoms with Gasteiger partial charge < -0.3 is 26.5 Å². The molecule has 1 fully saturated rings. The molecule has 1 aliphatic heterocycles. The van der Waals surface area contributed by atoms with Gasteiger partial charge in [-0.2, -0.15) is 0 Å². The molecule has 0 radical (unpaired) electrons. The molecule has 3 rings (SSSR count). The first-order valence-corrected chi connectivity index (χ1v) is 10.5. The van der Waals surface area contributed by atoms with Crippen molar-refractivity contribution < 1.29 is 9.90 Å². The Hall–Kier alpha value is -3.15. The second-order valence-corrected chi connectivity index (χ2v) is 8.20. The number of aromatic amines is 1. The molecule has 2 unspecified atom stereocenters. The molecule has 160 valence electrons. The predicted molar refractivity (Wildman–Crippen MR) is 122 cm³/mol. The largest absolute Gasteiger partial charge is 0.507 e. The normalized spacial score (nSPS) is 21.7. The van der Waals surface area contributed by atoms with E-state index >= 15 is 0 Å². The predicted octanol–water partition coefficient (Wildman–Crippen LogP) is 3.75. The molecule has 2 heterocycles. The minimum Gasteiger partial charge on any atom is -0.507 e. The summed E-state index contributed by atoms with van der Waals surface area (Å²) in [5.41, 5.74) is 15.3. The third kappa shape index (κ3) is 4.08. The molecule has 0 bridgehead atoms. The highest BCUT2D eigenvalue weighted by molar-refractivity contribution is 5.87. The molecule has 6 heteroatoms. The summed E-state index contributed by atoms with van der Waals surface area (Å²) < 4.78 is 0. The van der Waals surface area contributed by atoms with Crippen LogP contribution in [-0.2, 0) is 11.2 Å². The molecule has 1 saturated heterocycles. The Bertz CT molecular complexity index is 962. The number of likely N-dealkylation sites (tertiary alicyclic amines) is 1. The van der Waals surface area contributed by atoms with Crippen molar-refractivity contribution >= 4 is 23.5 Å². The number of phenols is 1. The minimum absolute atomic E-state index is 0.00502. The van der Waals surface area contributed by atoms with Crippen molar-refractivity contribution in [1.82, 2.24) is 9.88 Å². The Morgan fingerprint density at radius 3 is 2.77 bits per heavy atom. The maximum atomic E-state index is 12.2. The average Bonchev–Trinajstić information content (AvgIpc) is 3.27. The Balaban J connectivity index is 1.87. The number of amides is 1. The lowest BCUT2D eigenvalue weighted by Crippen LogP contribution is -2.33. The highest BCUT2D eigenvalue weighted by Gasteiger charge is 2.45. The summed E-state index contributed by atoms with van der Waals surface area (Å²) in [5, 5.41) is 10.0. The Labute approximate surface area is 178 Å². The van der Waals surface area contributed by atoms with E-state index in [4.69, 9.17) is 11.5 Å². The van der Waals surface area contributed by atoms with Gasteiger partial charge in [-0.3, -0.25) is 4.79 Å². The fourth-order valence-electron chi connectivity index (χ4n) is 4.72. The van der Waals surface area contributed by atoms with Crippen molar-refractivity contribution in [2.75, 3.05) is 18.8 Å². The molecule has 1 aliphatic rings. The number of aromatic hydroxyl groups is 1. The molecule has 0 spiro atoms. The maximum absolute atomic E-state index is 12.2. The summed E-state index contributed by atoms with van der Waals surface area (Å²) in [6.45, 7) is 9.49. The zero-order valence-corrected chi connectivity index (χ0v) is 17.8. The van der Waals surface area contributed by atoms with Crippen LogP contribution >= 0.6 is 0 Å². The lowest BCUT2D eigenvalue weighted by atomic mass is 9.71. The first kappa shape index (κ1) is 21.6. The number of para-hydroxylation sites is 1. The molecule has 0 saturated carbocycles. The van der Waals surface area contributed by atoms with Crippen LogP contribution in [0.25, 0.3) is 11.8 Å². The second-order valence-electron chi connectivity index (χ2n) is 8.20. The van der Waals surface area contributed by atoms with Crippen molar-refractivity contribution in [2.45, 2.75) is 33.1 Å². The summed E-state index contributed by atoms with van der Waals surface area (Å²) in [6, 6.07) is 8.98. The number of nitrogens with one attached hydrogen (secondary N) is 1. The number of phenolic OH excluding ortho intramolecular Hbond substituents is 1. The van der Waals surface area contributed by atoms with Gasteiger partial charge >= 0.3 is 0 Å². The monoisotopic (exact) mass is 408 g/mol. The van der Waals surface area contributed by atoms with Crippen LogP contribution in [0, 0.1) is 11.3 Å². The smallest absolute Gasteiger partial charge is 0.245 e. The van der Waals surface area contributed by atoms with Gasteiger partial charge in [0.15, 0.2) is 0 Å². The van der Waals surface area contributed by atoms with Gasteiger partial charge in [-0.1, -0.05) is 39.0 Å². The van der Waals surface area contributed by atoms with Crippen LogP contribution in [0.15, 0.2) is 43.0 Å². The number of nitrogen functional groups attached to an aromatic ring is 1. The average molecular weight is 409 g/mol. The number of hydrogen-bond acceptors (Lipinski definition) is 4. The number of aromatic nitrogens is 1. The number of anilines is 1. The minimum atomic E-state index is -0.00570. The van der Waals surface area contributed by atoms with Gasteiger partial charge in [0.05, 0.1) is 0 Å². The van der Waals surface area contributed by atoms with Gasteiger partial charge in [-0.05, 0) is 54.5 Å². The molecule has 1 aromatic carbocycles. The van der Waals surface area contributed by atoms with Crippen LogP contribution in [0.5, 0.6) is 5.75 Å². The SMILES string of the molecule is C=CC(=O)N1CC(CC)C(CC)(Cc2cc(/C=C(\N)c3ccccc3O)c(N)[nH]2)C1. The van der Waals surface area contributed by atoms with E-state index in [9.17, 15) is 9.90 Å². The third-order valence-electron chi connectivity index (χ3n) is 6.50. The first-order valence-electron chi connectivity index (χ1n) is 10.5. The van der Waals surface area contributed by atoms with Crippen molar-refractivity contribution in [1.29, 1.82) is 0 Å². The number of carbonyl (C=O) groups is 1. The highest BCUT2D eigenvalue weighted by atomic mass is 16.3. The van der Waals surface area contributed by atoms with Crippen LogP contribution in [0.4, 0.5) is 5.82 Å². The van der Waals surface area contributed by atoms with E-state index in [2.05, 4.69) is 25.4 Å². The summed E-state index contributed by atoms with van der Waals surface area (Å²) in [6.07, 6.45) is 5.96. The molecule has 6 nitrogen and oxygen atoms in total. The molecule has 1 aromatic heterocycles. The number of benzene rings is 1. The first-order chi connectivity index (χ1) is 14.3. The summed E-state index contributed by atoms with van der Waals surface area (Å²) in [4.78, 5) is 17.4. The quantitative estimate of drug-likeness (QED) is 0.523. The Morgan fingerprint density at radius 2 is 2.13 bits per heavy atom. The molecule has 30 heavy (non-hydrogen) atoms. The highest BCUT2D eigenvalue weighted by Crippen LogP contribution is 2.44. The fraction of sp³-hybridized carbons (Fsp3) is 0.375. The molecule has 2 aromatic rings. The van der Waals surface area contributed by atoms with E-state index in [0.717, 1.165) is 43.6 Å². The molecule has 6 N–H and O–H groups in total. The zero-order valence-electron chi connectivity index (χ0n) is 17.8. The number of rotatable bonds is 7. The second kappa shape index (κ2) is 8.69. The topological polar surface area (TPSA) is 108 Å². The van der Waals surface area contributed by atoms with Gasteiger partial charge in [0.2, 0.25) is 5.91 Å². The summed E-state index contributed by atoms with van der Waals surface area (Å²) >= 11 is 0. The standard InChI is InChI=1S/C24H32N4O2/c1-4-17-14-28(22(30)5-2)15-24(17,6-3)13-18-11-16(23(26)27-18)12-20(25)19-9-7-8-10-21(19)29/h5,7-12,17,27,29H,2,4,6,13-15,25-26H2,1,3H3/b20-12-. The van der Waals surface area contributed by atoms with E-state index < -0.39 is 0 Å². The van der Waals surface area contributed by atoms with Gasteiger partial charge in [0.1, 0.15) is 11.6 Å². The molecule has 1 amide bonds. The van der Waals surface area contributed by atoms with Crippen molar-refractivity contribution in [3.05, 3.63) is 59.8 Å². The van der Waals surface area contributed by atoms with E-state index in [1.807, 2.05) is 17.0 Å². The number of nitrogens with two attached hydrogens (primary N) is 2. The Morgan fingerprint density at radius 1 is 1.40 bits per heavy atom. The zero-order chi connectivity index (χ0) is 21.9. The van der Waals surface area contributed by atoms with E-state index in [1.165, 1.54) is 6.08 Å². The maximum Gasteiger partial charge on any atom is 0.245 e. The van der Waals surface area contributed by atoms with Crippen molar-refractivity contribution in [3.63, 3.8) is 0 Å². The van der Waals surface area contributed by atoms with Crippen LogP contribution in [0.3, 0.4) is 0 Å². The lowest BCUT2D eigenvalue weighted by molar-refractivity contribution is -0.125. The summed E-state index contributed by atoms with van der Waals surface area (Å²) in [7, 11) is 0. The van der Waals surface area contributed by atoms with E-state index in [1.54, 1.807) is 24.3 Å². The van der Waals surface area contributed by atoms with Crippen LogP contribution in [-0.4, -0.2) is 34.0 Å². The number of nitrogens with zero attached hydrogens (tertiary/aromatic N) is 1. The van der Waals surface area contributed by atoms with Gasteiger partial charge in [-0.25, -0.2) is 0 Å². The van der Waals surface area contributed by atoms with E-state index in [-0.39, 0.29) is 17.1 Å². The van der Waals surface area contributed by atoms with Crippen LogP contribution in [0.2, 0.25) is 0 Å². The number of hydrogen-bond donors (Lipinski definition) is 4. The van der Waals surface area contributed by atoms with Gasteiger partial charge in [-0.15, -0.1) is 0 Å². The number of carbonyl (C=O) groups excluding carboxylic acids is 1. The third-order valence-corrected chi connectivity index (χ3v) is 6.50. The fourth-order valence-corrected chi connectivity index (χ4v) is 4.72. The molecule has 0 aliphatic carbocycles. The Kier molecular flexibility index (Phi) is 6.25. The van der Waals surface area contributed by atoms with Crippen molar-refractivity contribution in [3.8, 4) is 5.75 Å². The molecular formula is C24H32N4O2. The number of H-pyrrole nitrogens is 1. The molecular weight excluding hydrogens is 376 g/mol. The molecule has 2 atom stereocenters. The van der Waals surface area contributed by atoms with Crippen LogP contribution in [0.1, 0.15) is 43.5 Å². The lowest BCUT2D eigenvalue weighted by Gasteiger charge is -2.33. The van der Waals surface area contributed by atoms with E-state index in [0.29, 0.717) is 23.0 Å². The van der Waals surface area contributed by atoms with Gasteiger partial charge in [0, 0.05) is 35.6 Å².